The number of nitrogens with one attached hydrogen (secondary N) is 2. The van der Waals surface area contributed by atoms with Crippen LogP contribution in [0.2, 0.25) is 0 Å². The van der Waals surface area contributed by atoms with Crippen LogP contribution in [0.4, 0.5) is 11.4 Å². The first-order valence-electron chi connectivity index (χ1n) is 36.2. The van der Waals surface area contributed by atoms with E-state index in [1.54, 1.807) is 0 Å². The fourth-order valence-electron chi connectivity index (χ4n) is 16.6. The van der Waals surface area contributed by atoms with Crippen LogP contribution in [0.15, 0.2) is 121 Å². The molecule has 550 valence electrons. The van der Waals surface area contributed by atoms with Gasteiger partial charge in [-0.05, 0) is 111 Å². The first-order valence-corrected chi connectivity index (χ1v) is 36.2. The summed E-state index contributed by atoms with van der Waals surface area (Å²) in [7, 11) is 0. The van der Waals surface area contributed by atoms with Crippen molar-refractivity contribution in [1.29, 1.82) is 0 Å². The van der Waals surface area contributed by atoms with Crippen LogP contribution in [-0.2, 0) is 58.3 Å². The van der Waals surface area contributed by atoms with Gasteiger partial charge in [-0.2, -0.15) is 4.58 Å². The highest BCUT2D eigenvalue weighted by atomic mass is 16.7. The van der Waals surface area contributed by atoms with Crippen LogP contribution in [0.1, 0.15) is 116 Å². The average Bonchev–Trinajstić information content (AvgIpc) is 1.58. The minimum Gasteiger partial charge on any atom is -0.394 e. The van der Waals surface area contributed by atoms with Crippen molar-refractivity contribution in [2.45, 2.75) is 238 Å². The number of unbranched alkanes of at least 4 members (excludes halogenated alkanes) is 4. The first-order chi connectivity index (χ1) is 48.8. The van der Waals surface area contributed by atoms with Crippen molar-refractivity contribution in [3.63, 3.8) is 0 Å². The molecule has 12 fully saturated rings. The fourth-order valence-corrected chi connectivity index (χ4v) is 16.6. The van der Waals surface area contributed by atoms with Crippen LogP contribution in [-0.4, -0.2) is 248 Å². The summed E-state index contributed by atoms with van der Waals surface area (Å²) < 4.78 is 50.5. The molecule has 14 aliphatic rings. The number of anilines is 1. The molecule has 24 heteroatoms. The van der Waals surface area contributed by atoms with Crippen LogP contribution in [0.5, 0.6) is 0 Å². The van der Waals surface area contributed by atoms with Crippen molar-refractivity contribution in [2.24, 2.45) is 0 Å². The summed E-state index contributed by atoms with van der Waals surface area (Å²) in [6, 6.07) is 23.5. The summed E-state index contributed by atoms with van der Waals surface area (Å²) >= 11 is 0. The Labute approximate surface area is 589 Å². The molecule has 2 amide bonds. The van der Waals surface area contributed by atoms with Gasteiger partial charge in [0.05, 0.1) is 56.1 Å². The molecular formula is C77H103N4O20+. The van der Waals surface area contributed by atoms with E-state index in [0.717, 1.165) is 46.4 Å². The molecule has 24 nitrogen and oxygen atoms in total. The number of hydrogen-bond donors (Lipinski definition) is 12. The maximum atomic E-state index is 13.9. The lowest BCUT2D eigenvalue weighted by Crippen LogP contribution is -2.67. The monoisotopic (exact) mass is 1400 g/mol. The summed E-state index contributed by atoms with van der Waals surface area (Å²) in [4.78, 5) is 30.1. The molecular weight excluding hydrogens is 1300 g/mol. The maximum Gasteiger partial charge on any atom is 0.220 e. The molecule has 18 rings (SSSR count). The zero-order valence-electron chi connectivity index (χ0n) is 58.1. The number of nitrogens with zero attached hydrogens (tertiary/aromatic N) is 2. The predicted octanol–water partition coefficient (Wildman–Crippen LogP) is 4.06. The van der Waals surface area contributed by atoms with E-state index >= 15 is 0 Å². The largest absolute Gasteiger partial charge is 0.394 e. The Kier molecular flexibility index (Phi) is 24.4. The van der Waals surface area contributed by atoms with Crippen LogP contribution in [0.25, 0.3) is 21.5 Å². The molecule has 4 aromatic carbocycles. The van der Waals surface area contributed by atoms with Crippen LogP contribution in [0, 0.1) is 0 Å². The smallest absolute Gasteiger partial charge is 0.220 e. The summed E-state index contributed by atoms with van der Waals surface area (Å²) in [6.45, 7) is 8.53. The molecule has 12 saturated heterocycles. The Balaban J connectivity index is 0.694. The standard InChI is InChI=1S/C77H102N4O20/c1-76(2)56(80(48-34-32-44-22-14-16-24-46(44)60(48)76)36-18-8-12-30-58(86)78-62-64(88)50-26-20-39-95-72-54(42-84)99-75(69(93)68(72)92)100-71(62)53(41-83)96-50)28-10-6-5-7-11-29-57-77(3,4)61-47-25-17-15-23-45(47)33-35-49(61)81(57)37-19-9-13-31-59(87)79-63-66(90)74-98-52(40-82)70(63)94-38-21-27-51-65(89)67(91)73(101-74)55(43-85)97-51/h5-7,10-11,14-17,22-25,28-29,32-35,50-55,62-75,82-85,88-93H,8-9,12-13,18-21,26-27,30-31,36-43H2,1-4H3,(H-,78,79,86,87)/p+1/t50-,51-,52-,53-,54-,55-,62+,63+,64-,65+,66+,67-,68-,69-,70-,71?,72-,73?,74-,75-/m1/s1. The Hall–Kier alpha value is -5.95. The van der Waals surface area contributed by atoms with Gasteiger partial charge in [0.25, 0.3) is 0 Å². The van der Waals surface area contributed by atoms with E-state index in [4.69, 9.17) is 37.9 Å². The molecule has 14 aliphatic heterocycles. The lowest BCUT2D eigenvalue weighted by molar-refractivity contribution is -0.438. The van der Waals surface area contributed by atoms with E-state index in [2.05, 4.69) is 145 Å². The Morgan fingerprint density at radius 1 is 0.515 bits per heavy atom. The molecule has 0 aromatic heterocycles. The minimum atomic E-state index is -1.60. The van der Waals surface area contributed by atoms with Crippen molar-refractivity contribution in [1.82, 2.24) is 10.6 Å². The summed E-state index contributed by atoms with van der Waals surface area (Å²) in [5.74, 6) is -0.667. The highest BCUT2D eigenvalue weighted by Gasteiger charge is 2.55. The molecule has 0 radical (unpaired) electrons. The number of aliphatic hydroxyl groups is 10. The van der Waals surface area contributed by atoms with Crippen molar-refractivity contribution >= 4 is 50.4 Å². The minimum absolute atomic E-state index is 0.100. The van der Waals surface area contributed by atoms with Crippen LogP contribution < -0.4 is 15.5 Å². The molecule has 14 heterocycles. The Bertz CT molecular complexity index is 3670. The van der Waals surface area contributed by atoms with Crippen molar-refractivity contribution in [3.05, 3.63) is 132 Å². The number of allylic oxidation sites excluding steroid dienone is 8. The van der Waals surface area contributed by atoms with Gasteiger partial charge in [-0.25, -0.2) is 0 Å². The lowest BCUT2D eigenvalue weighted by atomic mass is 9.79. The number of carbonyl (C=O) groups excluding carboxylic acids is 2. The SMILES string of the molecule is CC1(C)C(=CC=CC=CC=CC2=[N+](CCCCCC(=O)N[C@@H]3C4O[C@H]5O[C@H](CO)[C@@H](OCCC[C@@H](O[C@@H]4CO)[C@H]3O)[C@H](O)[C@H]5O)c3ccc4ccccc4c3C2(C)C)N(CCCCCC(=O)N[C@H]2[C@H](O)[C@H]3OC4[C@@H](CO)O[C@H](CCCO[C@@H]2[C@@H](CO)O3)[C@H](O)[C@H]4O)c2ccc3ccccc3c21. The van der Waals surface area contributed by atoms with Gasteiger partial charge in [-0.3, -0.25) is 9.59 Å². The second-order valence-electron chi connectivity index (χ2n) is 29.1. The number of carbonyl (C=O) groups is 2. The quantitative estimate of drug-likeness (QED) is 0.0300. The van der Waals surface area contributed by atoms with Gasteiger partial charge in [0, 0.05) is 73.5 Å². The van der Waals surface area contributed by atoms with Crippen molar-refractivity contribution in [2.75, 3.05) is 57.6 Å². The molecule has 101 heavy (non-hydrogen) atoms. The number of benzene rings is 4. The van der Waals surface area contributed by atoms with Gasteiger partial charge < -0.3 is 104 Å². The number of ether oxygens (including phenoxy) is 8. The zero-order chi connectivity index (χ0) is 71.3. The molecule has 0 aliphatic carbocycles. The van der Waals surface area contributed by atoms with Gasteiger partial charge in [-0.15, -0.1) is 0 Å². The summed E-state index contributed by atoms with van der Waals surface area (Å²) in [6.07, 6.45) is -1.45. The fraction of sp³-hybridized carbons (Fsp3) is 0.597. The summed E-state index contributed by atoms with van der Waals surface area (Å²) in [5.41, 5.74) is 6.29. The molecule has 2 unspecified atom stereocenters. The molecule has 20 atom stereocenters. The third-order valence-corrected chi connectivity index (χ3v) is 21.8. The van der Waals surface area contributed by atoms with E-state index < -0.39 is 149 Å². The summed E-state index contributed by atoms with van der Waals surface area (Å²) in [5, 5.41) is 119. The number of rotatable bonds is 22. The average molecular weight is 1400 g/mol. The molecule has 0 saturated carbocycles. The van der Waals surface area contributed by atoms with Gasteiger partial charge in [-0.1, -0.05) is 105 Å². The van der Waals surface area contributed by atoms with Crippen molar-refractivity contribution < 1.29 is 103 Å². The van der Waals surface area contributed by atoms with Gasteiger partial charge in [0.15, 0.2) is 18.3 Å². The van der Waals surface area contributed by atoms with E-state index in [1.807, 2.05) is 18.2 Å². The van der Waals surface area contributed by atoms with E-state index in [-0.39, 0.29) is 55.1 Å². The third-order valence-electron chi connectivity index (χ3n) is 21.8. The topological polar surface area (TPSA) is 341 Å². The second-order valence-corrected chi connectivity index (χ2v) is 29.1. The van der Waals surface area contributed by atoms with E-state index in [1.165, 1.54) is 21.9 Å². The van der Waals surface area contributed by atoms with Crippen LogP contribution in [0.3, 0.4) is 0 Å². The van der Waals surface area contributed by atoms with Gasteiger partial charge in [0.2, 0.25) is 17.5 Å². The zero-order valence-corrected chi connectivity index (χ0v) is 58.1. The number of aliphatic hydroxyl groups excluding tert-OH is 10. The number of fused-ring (bicyclic) bond motifs is 6. The van der Waals surface area contributed by atoms with Crippen LogP contribution >= 0.6 is 0 Å². The molecule has 8 bridgehead atoms. The predicted molar refractivity (Wildman–Crippen MR) is 374 cm³/mol. The second kappa shape index (κ2) is 33.0. The highest BCUT2D eigenvalue weighted by molar-refractivity contribution is 6.07. The van der Waals surface area contributed by atoms with Gasteiger partial charge >= 0.3 is 0 Å². The third kappa shape index (κ3) is 15.6. The number of amides is 2. The first kappa shape index (κ1) is 74.8. The van der Waals surface area contributed by atoms with E-state index in [0.29, 0.717) is 58.0 Å². The molecule has 0 spiro atoms. The Morgan fingerprint density at radius 2 is 1.04 bits per heavy atom. The van der Waals surface area contributed by atoms with Gasteiger partial charge in [0.1, 0.15) is 92.0 Å². The Morgan fingerprint density at radius 3 is 1.70 bits per heavy atom. The molecule has 12 N–H and O–H groups in total. The van der Waals surface area contributed by atoms with Crippen molar-refractivity contribution in [3.8, 4) is 0 Å². The lowest BCUT2D eigenvalue weighted by Gasteiger charge is -2.47. The highest BCUT2D eigenvalue weighted by Crippen LogP contribution is 2.51. The molecule has 4 aromatic rings. The normalized spacial score (nSPS) is 34.5. The van der Waals surface area contributed by atoms with E-state index in [9.17, 15) is 60.7 Å². The maximum absolute atomic E-state index is 13.9. The number of hydrogen-bond acceptors (Lipinski definition) is 21.